The van der Waals surface area contributed by atoms with Gasteiger partial charge in [0.05, 0.1) is 18.6 Å². The minimum atomic E-state index is -0.500. The van der Waals surface area contributed by atoms with Crippen molar-refractivity contribution in [3.8, 4) is 11.5 Å². The molecular formula is C27H38N6O3. The first kappa shape index (κ1) is 24.6. The molecule has 194 valence electrons. The fourth-order valence-electron chi connectivity index (χ4n) is 5.89. The number of ether oxygens (including phenoxy) is 2. The van der Waals surface area contributed by atoms with E-state index >= 15 is 0 Å². The molecule has 1 spiro atoms. The van der Waals surface area contributed by atoms with Gasteiger partial charge in [0.2, 0.25) is 17.8 Å². The van der Waals surface area contributed by atoms with E-state index in [9.17, 15) is 5.11 Å². The van der Waals surface area contributed by atoms with Crippen LogP contribution in [0.5, 0.6) is 11.5 Å². The second kappa shape index (κ2) is 9.76. The maximum atomic E-state index is 10.4. The molecule has 1 N–H and O–H groups in total. The zero-order chi connectivity index (χ0) is 25.4. The normalized spacial score (nSPS) is 24.0. The Kier molecular flexibility index (Phi) is 6.68. The van der Waals surface area contributed by atoms with E-state index in [1.54, 1.807) is 7.11 Å². The summed E-state index contributed by atoms with van der Waals surface area (Å²) in [7, 11) is 1.68. The summed E-state index contributed by atoms with van der Waals surface area (Å²) in [4.78, 5) is 21.4. The van der Waals surface area contributed by atoms with Crippen LogP contribution in [0.3, 0.4) is 0 Å². The Morgan fingerprint density at radius 3 is 2.33 bits per heavy atom. The third-order valence-electron chi connectivity index (χ3n) is 7.93. The highest BCUT2D eigenvalue weighted by Gasteiger charge is 2.53. The minimum absolute atomic E-state index is 0.127. The van der Waals surface area contributed by atoms with Gasteiger partial charge >= 0.3 is 0 Å². The summed E-state index contributed by atoms with van der Waals surface area (Å²) in [6, 6.07) is 4.12. The van der Waals surface area contributed by atoms with Gasteiger partial charge in [-0.3, -0.25) is 0 Å². The Bertz CT molecular complexity index is 1100. The van der Waals surface area contributed by atoms with Gasteiger partial charge in [0.1, 0.15) is 6.10 Å². The van der Waals surface area contributed by atoms with Crippen LogP contribution in [-0.4, -0.2) is 72.1 Å². The number of aliphatic hydroxyl groups excluding tert-OH is 1. The number of anilines is 3. The average Bonchev–Trinajstić information content (AvgIpc) is 3.12. The Balaban J connectivity index is 1.61. The fraction of sp³-hybridized carbons (Fsp3) is 0.593. The molecule has 3 heterocycles. The highest BCUT2D eigenvalue weighted by molar-refractivity contribution is 5.62. The number of hydrogen-bond acceptors (Lipinski definition) is 9. The van der Waals surface area contributed by atoms with E-state index in [4.69, 9.17) is 24.4 Å². The van der Waals surface area contributed by atoms with E-state index in [0.717, 1.165) is 62.5 Å². The largest absolute Gasteiger partial charge is 0.493 e. The van der Waals surface area contributed by atoms with Gasteiger partial charge in [0, 0.05) is 51.3 Å². The summed E-state index contributed by atoms with van der Waals surface area (Å²) >= 11 is 0. The smallest absolute Gasteiger partial charge is 0.232 e. The van der Waals surface area contributed by atoms with Crippen molar-refractivity contribution in [1.29, 1.82) is 0 Å². The lowest BCUT2D eigenvalue weighted by molar-refractivity contribution is 0.0856. The van der Waals surface area contributed by atoms with Crippen molar-refractivity contribution < 1.29 is 14.6 Å². The summed E-state index contributed by atoms with van der Waals surface area (Å²) in [5, 5.41) is 10.4. The van der Waals surface area contributed by atoms with Crippen LogP contribution in [-0.2, 0) is 12.0 Å². The summed E-state index contributed by atoms with van der Waals surface area (Å²) < 4.78 is 12.1. The molecule has 9 nitrogen and oxygen atoms in total. The number of benzene rings is 1. The molecule has 0 bridgehead atoms. The van der Waals surface area contributed by atoms with Crippen molar-refractivity contribution in [2.75, 3.05) is 54.5 Å². The van der Waals surface area contributed by atoms with Gasteiger partial charge in [-0.25, -0.2) is 0 Å². The number of aliphatic hydroxyl groups is 1. The molecule has 5 rings (SSSR count). The van der Waals surface area contributed by atoms with Crippen molar-refractivity contribution in [1.82, 2.24) is 15.0 Å². The van der Waals surface area contributed by atoms with Crippen LogP contribution in [0.2, 0.25) is 0 Å². The topological polar surface area (TPSA) is 87.1 Å². The first-order valence-corrected chi connectivity index (χ1v) is 13.2. The lowest BCUT2D eigenvalue weighted by atomic mass is 9.69. The Hall–Kier alpha value is -3.07. The molecule has 0 saturated carbocycles. The van der Waals surface area contributed by atoms with Crippen LogP contribution in [0.1, 0.15) is 51.7 Å². The number of hydrogen-bond donors (Lipinski definition) is 1. The molecule has 0 saturated heterocycles. The predicted molar refractivity (Wildman–Crippen MR) is 141 cm³/mol. The van der Waals surface area contributed by atoms with Gasteiger partial charge < -0.3 is 29.3 Å². The standard InChI is InChI=1S/C27H38N6O3/c1-6-31(7-2)24-28-25(32(8-3)9-4)30-26(29-24)33-15-14-27-13-12-19(34)16-21(27)36-23-20(35-5)11-10-18(17-33)22(23)27/h10-13,19,21,34H,6-9,14-17H2,1-5H3/t19-,21-,27?/m1/s1. The Morgan fingerprint density at radius 2 is 1.72 bits per heavy atom. The van der Waals surface area contributed by atoms with Crippen LogP contribution in [0, 0.1) is 0 Å². The number of aromatic nitrogens is 3. The van der Waals surface area contributed by atoms with Crippen LogP contribution in [0.15, 0.2) is 24.3 Å². The molecular weight excluding hydrogens is 456 g/mol. The van der Waals surface area contributed by atoms with Gasteiger partial charge in [-0.15, -0.1) is 0 Å². The number of nitrogens with zero attached hydrogens (tertiary/aromatic N) is 6. The predicted octanol–water partition coefficient (Wildman–Crippen LogP) is 3.30. The Labute approximate surface area is 213 Å². The van der Waals surface area contributed by atoms with Crippen molar-refractivity contribution >= 4 is 17.8 Å². The third-order valence-corrected chi connectivity index (χ3v) is 7.93. The molecule has 0 radical (unpaired) electrons. The quantitative estimate of drug-likeness (QED) is 0.556. The van der Waals surface area contributed by atoms with Crippen LogP contribution < -0.4 is 24.2 Å². The molecule has 1 unspecified atom stereocenters. The van der Waals surface area contributed by atoms with Crippen LogP contribution in [0.25, 0.3) is 0 Å². The zero-order valence-corrected chi connectivity index (χ0v) is 22.1. The maximum Gasteiger partial charge on any atom is 0.232 e. The molecule has 0 fully saturated rings. The average molecular weight is 495 g/mol. The molecule has 1 aliphatic carbocycles. The summed E-state index contributed by atoms with van der Waals surface area (Å²) in [6.45, 7) is 13.3. The Morgan fingerprint density at radius 1 is 1.06 bits per heavy atom. The first-order valence-electron chi connectivity index (χ1n) is 13.2. The van der Waals surface area contributed by atoms with E-state index in [-0.39, 0.29) is 11.5 Å². The highest BCUT2D eigenvalue weighted by atomic mass is 16.5. The minimum Gasteiger partial charge on any atom is -0.493 e. The first-order chi connectivity index (χ1) is 17.5. The van der Waals surface area contributed by atoms with E-state index in [0.29, 0.717) is 18.9 Å². The van der Waals surface area contributed by atoms with Gasteiger partial charge in [0.15, 0.2) is 11.5 Å². The molecule has 1 aromatic carbocycles. The second-order valence-corrected chi connectivity index (χ2v) is 9.69. The van der Waals surface area contributed by atoms with Crippen LogP contribution >= 0.6 is 0 Å². The molecule has 36 heavy (non-hydrogen) atoms. The van der Waals surface area contributed by atoms with Gasteiger partial charge in [-0.1, -0.05) is 18.2 Å². The van der Waals surface area contributed by atoms with Crippen molar-refractivity contribution in [3.63, 3.8) is 0 Å². The SMILES string of the molecule is CCN(CC)c1nc(N(CC)CC)nc(N2CCC34C=C[C@@H](O)C[C@H]3Oc3c(OC)ccc(c34)C2)n1. The van der Waals surface area contributed by atoms with E-state index in [1.807, 2.05) is 12.1 Å². The molecule has 3 atom stereocenters. The van der Waals surface area contributed by atoms with Crippen molar-refractivity contribution in [2.45, 2.75) is 64.7 Å². The van der Waals surface area contributed by atoms with Gasteiger partial charge in [-0.05, 0) is 45.7 Å². The molecule has 1 aromatic heterocycles. The summed E-state index contributed by atoms with van der Waals surface area (Å²) in [5.74, 6) is 3.69. The lowest BCUT2D eigenvalue weighted by Gasteiger charge is -2.35. The fourth-order valence-corrected chi connectivity index (χ4v) is 5.89. The van der Waals surface area contributed by atoms with Gasteiger partial charge in [0.25, 0.3) is 0 Å². The summed E-state index contributed by atoms with van der Waals surface area (Å²) in [6.07, 6.45) is 4.87. The molecule has 3 aliphatic rings. The second-order valence-electron chi connectivity index (χ2n) is 9.69. The lowest BCUT2D eigenvalue weighted by Crippen LogP contribution is -2.43. The zero-order valence-electron chi connectivity index (χ0n) is 22.1. The molecule has 0 amide bonds. The van der Waals surface area contributed by atoms with E-state index in [1.165, 1.54) is 11.1 Å². The van der Waals surface area contributed by atoms with Crippen molar-refractivity contribution in [3.05, 3.63) is 35.4 Å². The van der Waals surface area contributed by atoms with Crippen LogP contribution in [0.4, 0.5) is 17.8 Å². The maximum absolute atomic E-state index is 10.4. The number of methoxy groups -OCH3 is 1. The number of rotatable bonds is 8. The monoisotopic (exact) mass is 494 g/mol. The third kappa shape index (κ3) is 3.93. The molecule has 2 aromatic rings. The molecule has 2 aliphatic heterocycles. The van der Waals surface area contributed by atoms with E-state index < -0.39 is 6.10 Å². The van der Waals surface area contributed by atoms with Gasteiger partial charge in [-0.2, -0.15) is 15.0 Å². The molecule has 9 heteroatoms. The van der Waals surface area contributed by atoms with Crippen molar-refractivity contribution in [2.24, 2.45) is 0 Å². The summed E-state index contributed by atoms with van der Waals surface area (Å²) in [5.41, 5.74) is 2.06. The highest BCUT2D eigenvalue weighted by Crippen LogP contribution is 2.55. The van der Waals surface area contributed by atoms with E-state index in [2.05, 4.69) is 54.5 Å².